The Morgan fingerprint density at radius 1 is 0.667 bits per heavy atom. The third-order valence-corrected chi connectivity index (χ3v) is 5.63. The average molecular weight is 531 g/mol. The van der Waals surface area contributed by atoms with E-state index in [1.54, 1.807) is 18.2 Å². The van der Waals surface area contributed by atoms with Crippen molar-refractivity contribution in [3.8, 4) is 11.1 Å². The molecule has 1 unspecified atom stereocenters. The van der Waals surface area contributed by atoms with Crippen LogP contribution in [0.5, 0.6) is 0 Å². The van der Waals surface area contributed by atoms with Crippen LogP contribution in [0.4, 0.5) is 0 Å². The molecule has 36 heavy (non-hydrogen) atoms. The molecular weight excluding hydrogens is 510 g/mol. The second-order valence-electron chi connectivity index (χ2n) is 7.07. The van der Waals surface area contributed by atoms with Crippen molar-refractivity contribution in [3.05, 3.63) is 125 Å². The summed E-state index contributed by atoms with van der Waals surface area (Å²) in [5.41, 5.74) is 6.15. The van der Waals surface area contributed by atoms with Gasteiger partial charge in [0, 0.05) is 4.90 Å². The van der Waals surface area contributed by atoms with Crippen molar-refractivity contribution in [2.45, 2.75) is 4.90 Å². The van der Waals surface area contributed by atoms with Crippen LogP contribution in [-0.4, -0.2) is 17.2 Å². The molecule has 0 heterocycles. The molecule has 0 spiro atoms. The van der Waals surface area contributed by atoms with Gasteiger partial charge >= 0.3 is 70.7 Å². The van der Waals surface area contributed by atoms with Crippen LogP contribution in [-0.2, 0) is 22.7 Å². The molecule has 0 saturated carbocycles. The summed E-state index contributed by atoms with van der Waals surface area (Å²) < 4.78 is 39.2. The molecule has 4 nitrogen and oxygen atoms in total. The Balaban J connectivity index is 0.00000123. The minimum absolute atomic E-state index is 0. The zero-order chi connectivity index (χ0) is 24.2. The molecule has 0 aliphatic heterocycles. The summed E-state index contributed by atoms with van der Waals surface area (Å²) in [6.45, 7) is 0. The average Bonchev–Trinajstić information content (AvgIpc) is 2.88. The number of hydrogen-bond acceptors (Lipinski definition) is 4. The summed E-state index contributed by atoms with van der Waals surface area (Å²) >= 11 is -3.00. The maximum absolute atomic E-state index is 11.3. The van der Waals surface area contributed by atoms with Crippen molar-refractivity contribution in [2.75, 3.05) is 0 Å². The Morgan fingerprint density at radius 3 is 1.67 bits per heavy atom. The summed E-state index contributed by atoms with van der Waals surface area (Å²) in [7, 11) is 0. The quantitative estimate of drug-likeness (QED) is 0.153. The topological polar surface area (TPSA) is 74.3 Å². The van der Waals surface area contributed by atoms with Gasteiger partial charge in [-0.2, -0.15) is 14.0 Å². The van der Waals surface area contributed by atoms with Gasteiger partial charge in [0.05, 0.1) is 0 Å². The molecule has 1 atom stereocenters. The first-order valence-electron chi connectivity index (χ1n) is 10.2. The number of hydrogen-bond donors (Lipinski definition) is 0. The van der Waals surface area contributed by atoms with Gasteiger partial charge in [-0.05, 0) is 45.0 Å². The summed E-state index contributed by atoms with van der Waals surface area (Å²) in [5, 5.41) is 0. The minimum Gasteiger partial charge on any atom is -0.768 e. The minimum atomic E-state index is -2.25. The van der Waals surface area contributed by atoms with E-state index in [4.69, 9.17) is 8.42 Å². The summed E-state index contributed by atoms with van der Waals surface area (Å²) in [6.07, 6.45) is 7.88. The zero-order valence-electron chi connectivity index (χ0n) is 20.0. The van der Waals surface area contributed by atoms with Gasteiger partial charge in [0.15, 0.2) is 0 Å². The van der Waals surface area contributed by atoms with Crippen LogP contribution in [0.2, 0.25) is 0 Å². The first-order chi connectivity index (χ1) is 16.6. The van der Waals surface area contributed by atoms with E-state index < -0.39 is 22.7 Å². The van der Waals surface area contributed by atoms with Gasteiger partial charge in [0.2, 0.25) is 0 Å². The molecule has 4 aromatic rings. The fraction of sp³-hybridized carbons (Fsp3) is 0. The monoisotopic (exact) mass is 530 g/mol. The van der Waals surface area contributed by atoms with Gasteiger partial charge < -0.3 is 4.55 Å². The molecular formula is C28H20Na2O4S2. The van der Waals surface area contributed by atoms with E-state index in [2.05, 4.69) is 54.6 Å². The molecule has 4 aromatic carbocycles. The van der Waals surface area contributed by atoms with E-state index in [1.807, 2.05) is 54.6 Å². The maximum atomic E-state index is 11.3. The Bertz CT molecular complexity index is 1330. The first-order valence-corrected chi connectivity index (χ1v) is 12.0. The first kappa shape index (κ1) is 32.3. The molecule has 4 rings (SSSR count). The number of benzene rings is 4. The van der Waals surface area contributed by atoms with Crippen LogP contribution in [0.15, 0.2) is 102 Å². The third kappa shape index (κ3) is 10.3. The van der Waals surface area contributed by atoms with Gasteiger partial charge in [-0.25, -0.2) is 0 Å². The molecule has 0 radical (unpaired) electrons. The standard InChI is InChI=1S/C28H21O2S.2Na.O2S/c29-31(30)28-9-5-4-8-27(28)21-16-24-14-19-26(20-15-24)25-17-12-23(13-18-25)11-10-22-6-2-1-3-7-22;;;1-3-2/h1-6,8-21H,(H,29,30);;;/q-1;2*+1;/p-1/b11-10+,21-16+;;;. The van der Waals surface area contributed by atoms with Crippen molar-refractivity contribution < 1.29 is 76.3 Å². The Kier molecular flexibility index (Phi) is 15.9. The van der Waals surface area contributed by atoms with E-state index in [-0.39, 0.29) is 59.1 Å². The van der Waals surface area contributed by atoms with E-state index >= 15 is 0 Å². The Hall–Kier alpha value is -1.71. The summed E-state index contributed by atoms with van der Waals surface area (Å²) in [6, 6.07) is 34.6. The fourth-order valence-corrected chi connectivity index (χ4v) is 3.74. The predicted octanol–water partition coefficient (Wildman–Crippen LogP) is 0.0704. The second kappa shape index (κ2) is 17.7. The van der Waals surface area contributed by atoms with Crippen molar-refractivity contribution >= 4 is 47.0 Å². The molecule has 0 amide bonds. The van der Waals surface area contributed by atoms with Gasteiger partial charge in [-0.15, -0.1) is 36.4 Å². The molecule has 0 aliphatic carbocycles. The molecule has 0 N–H and O–H groups in total. The zero-order valence-corrected chi connectivity index (χ0v) is 25.6. The van der Waals surface area contributed by atoms with E-state index in [1.165, 1.54) is 0 Å². The van der Waals surface area contributed by atoms with Crippen molar-refractivity contribution in [1.29, 1.82) is 0 Å². The Labute approximate surface area is 262 Å². The smallest absolute Gasteiger partial charge is 0.768 e. The van der Waals surface area contributed by atoms with Gasteiger partial charge in [0.1, 0.15) is 0 Å². The van der Waals surface area contributed by atoms with Gasteiger partial charge in [-0.1, -0.05) is 85.0 Å². The Morgan fingerprint density at radius 2 is 1.17 bits per heavy atom. The molecule has 0 aromatic heterocycles. The third-order valence-electron chi connectivity index (χ3n) is 4.90. The van der Waals surface area contributed by atoms with E-state index in [0.29, 0.717) is 10.5 Å². The van der Waals surface area contributed by atoms with Crippen molar-refractivity contribution in [2.24, 2.45) is 0 Å². The van der Waals surface area contributed by atoms with Crippen LogP contribution < -0.4 is 59.1 Å². The summed E-state index contributed by atoms with van der Waals surface area (Å²) in [4.78, 5) is 0.301. The normalized spacial score (nSPS) is 11.0. The number of rotatable bonds is 6. The predicted molar refractivity (Wildman–Crippen MR) is 138 cm³/mol. The summed E-state index contributed by atoms with van der Waals surface area (Å²) in [5.74, 6) is 0. The molecule has 0 aliphatic rings. The molecule has 0 saturated heterocycles. The van der Waals surface area contributed by atoms with Crippen molar-refractivity contribution in [1.82, 2.24) is 0 Å². The van der Waals surface area contributed by atoms with Crippen LogP contribution in [0.25, 0.3) is 35.4 Å². The largest absolute Gasteiger partial charge is 1.00 e. The fourth-order valence-electron chi connectivity index (χ4n) is 3.23. The molecule has 170 valence electrons. The maximum Gasteiger partial charge on any atom is 1.00 e. The van der Waals surface area contributed by atoms with Crippen LogP contribution in [0.1, 0.15) is 22.3 Å². The second-order valence-corrected chi connectivity index (χ2v) is 8.11. The van der Waals surface area contributed by atoms with Gasteiger partial charge in [-0.3, -0.25) is 4.21 Å². The van der Waals surface area contributed by atoms with E-state index in [0.717, 1.165) is 27.8 Å². The SMILES string of the molecule is O=S([O-])c1ccccc1/C=C/c1ccc(-c2ccc(/C=C/c3[c-]cccc3)cc2)cc1.O=S=O.[Na+].[Na+]. The molecule has 0 bridgehead atoms. The molecule has 8 heteroatoms. The van der Waals surface area contributed by atoms with E-state index in [9.17, 15) is 8.76 Å². The van der Waals surface area contributed by atoms with Gasteiger partial charge in [0.25, 0.3) is 0 Å². The van der Waals surface area contributed by atoms with Crippen molar-refractivity contribution in [3.63, 3.8) is 0 Å². The van der Waals surface area contributed by atoms with Crippen LogP contribution in [0.3, 0.4) is 0 Å². The van der Waals surface area contributed by atoms with Crippen LogP contribution in [0, 0.1) is 6.07 Å². The molecule has 0 fully saturated rings. The van der Waals surface area contributed by atoms with Crippen LogP contribution >= 0.6 is 0 Å².